The van der Waals surface area contributed by atoms with Gasteiger partial charge in [-0.2, -0.15) is 0 Å². The number of carbonyl (C=O) groups is 1. The second kappa shape index (κ2) is 9.28. The molecule has 3 aromatic carbocycles. The summed E-state index contributed by atoms with van der Waals surface area (Å²) in [5.74, 6) is -0.0927. The highest BCUT2D eigenvalue weighted by Gasteiger charge is 2.18. The molecule has 9 nitrogen and oxygen atoms in total. The molecule has 0 aliphatic rings. The molecule has 5 aromatic rings. The van der Waals surface area contributed by atoms with Crippen LogP contribution in [0.3, 0.4) is 0 Å². The molecule has 0 radical (unpaired) electrons. The van der Waals surface area contributed by atoms with Crippen LogP contribution in [-0.4, -0.2) is 27.2 Å². The highest BCUT2D eigenvalue weighted by Crippen LogP contribution is 2.32. The van der Waals surface area contributed by atoms with Gasteiger partial charge in [0.15, 0.2) is 11.7 Å². The van der Waals surface area contributed by atoms with Crippen molar-refractivity contribution in [2.45, 2.75) is 13.0 Å². The minimum Gasteiger partial charge on any atom is -0.479 e. The molecule has 0 saturated heterocycles. The summed E-state index contributed by atoms with van der Waals surface area (Å²) in [7, 11) is 0. The third kappa shape index (κ3) is 4.77. The van der Waals surface area contributed by atoms with Gasteiger partial charge in [-0.3, -0.25) is 4.79 Å². The lowest BCUT2D eigenvalue weighted by atomic mass is 10.1. The van der Waals surface area contributed by atoms with Crippen LogP contribution in [0.15, 0.2) is 74.3 Å². The number of oxazole rings is 1. The Hall–Kier alpha value is -4.08. The molecule has 0 spiro atoms. The van der Waals surface area contributed by atoms with E-state index in [9.17, 15) is 9.59 Å². The van der Waals surface area contributed by atoms with Gasteiger partial charge in [-0.05, 0) is 61.5 Å². The van der Waals surface area contributed by atoms with Crippen molar-refractivity contribution in [1.29, 1.82) is 0 Å². The van der Waals surface area contributed by atoms with Gasteiger partial charge in [0.1, 0.15) is 16.3 Å². The van der Waals surface area contributed by atoms with Crippen molar-refractivity contribution in [3.63, 3.8) is 0 Å². The van der Waals surface area contributed by atoms with Crippen molar-refractivity contribution >= 4 is 45.9 Å². The van der Waals surface area contributed by atoms with E-state index in [1.54, 1.807) is 67.6 Å². The number of amides is 1. The molecule has 176 valence electrons. The maximum atomic E-state index is 12.6. The van der Waals surface area contributed by atoms with E-state index < -0.39 is 11.9 Å². The first-order valence-corrected chi connectivity index (χ1v) is 11.1. The summed E-state index contributed by atoms with van der Waals surface area (Å²) in [6.07, 6.45) is -0.827. The van der Waals surface area contributed by atoms with Crippen LogP contribution in [-0.2, 0) is 4.79 Å². The van der Waals surface area contributed by atoms with Crippen LogP contribution in [0.4, 0.5) is 5.69 Å². The Balaban J connectivity index is 1.31. The molecule has 1 atom stereocenters. The summed E-state index contributed by atoms with van der Waals surface area (Å²) in [4.78, 5) is 28.3. The number of benzene rings is 3. The van der Waals surface area contributed by atoms with Gasteiger partial charge in [0, 0.05) is 16.8 Å². The number of anilines is 1. The molecule has 0 unspecified atom stereocenters. The highest BCUT2D eigenvalue weighted by atomic mass is 35.5. The van der Waals surface area contributed by atoms with E-state index in [4.69, 9.17) is 36.8 Å². The average molecular weight is 511 g/mol. The summed E-state index contributed by atoms with van der Waals surface area (Å²) < 4.78 is 16.5. The molecule has 0 saturated carbocycles. The zero-order valence-corrected chi connectivity index (χ0v) is 19.6. The summed E-state index contributed by atoms with van der Waals surface area (Å²) in [6.45, 7) is 1.61. The second-order valence-corrected chi connectivity index (χ2v) is 8.28. The Labute approximate surface area is 207 Å². The Morgan fingerprint density at radius 1 is 1.03 bits per heavy atom. The third-order valence-corrected chi connectivity index (χ3v) is 5.86. The summed E-state index contributed by atoms with van der Waals surface area (Å²) in [6, 6.07) is 17.1. The number of H-pyrrole nitrogens is 1. The molecular formula is C24H16Cl2N4O5. The molecule has 0 aliphatic heterocycles. The van der Waals surface area contributed by atoms with E-state index in [0.717, 1.165) is 0 Å². The molecule has 11 heteroatoms. The quantitative estimate of drug-likeness (QED) is 0.306. The average Bonchev–Trinajstić information content (AvgIpc) is 3.48. The molecule has 1 amide bonds. The van der Waals surface area contributed by atoms with Crippen LogP contribution in [0, 0.1) is 0 Å². The third-order valence-electron chi connectivity index (χ3n) is 5.06. The standard InChI is InChI=1S/C24H16Cl2N4O5/c1-12(33-19-4-2-3-16(25)20(19)26)21(31)27-15-9-10-18-17(11-15)28-22(34-18)13-5-7-14(8-6-13)23-29-30-24(32)35-23/h2-12H,1H3,(H,27,31)(H,30,32)/t12-/m0/s1. The molecular weight excluding hydrogens is 495 g/mol. The van der Waals surface area contributed by atoms with Crippen LogP contribution in [0.2, 0.25) is 10.0 Å². The van der Waals surface area contributed by atoms with Crippen molar-refractivity contribution in [3.05, 3.63) is 81.3 Å². The lowest BCUT2D eigenvalue weighted by Crippen LogP contribution is -2.30. The zero-order chi connectivity index (χ0) is 24.5. The van der Waals surface area contributed by atoms with Crippen molar-refractivity contribution < 1.29 is 18.4 Å². The fraction of sp³-hybridized carbons (Fsp3) is 0.0833. The van der Waals surface area contributed by atoms with Crippen LogP contribution in [0.5, 0.6) is 5.75 Å². The van der Waals surface area contributed by atoms with E-state index in [2.05, 4.69) is 20.5 Å². The van der Waals surface area contributed by atoms with Crippen molar-refractivity contribution in [2.75, 3.05) is 5.32 Å². The summed E-state index contributed by atoms with van der Waals surface area (Å²) in [5, 5.41) is 9.40. The van der Waals surface area contributed by atoms with E-state index in [-0.39, 0.29) is 16.8 Å². The summed E-state index contributed by atoms with van der Waals surface area (Å²) >= 11 is 12.1. The van der Waals surface area contributed by atoms with Gasteiger partial charge in [-0.1, -0.05) is 29.3 Å². The SMILES string of the molecule is C[C@H](Oc1cccc(Cl)c1Cl)C(=O)Nc1ccc2oc(-c3ccc(-c4n[nH]c(=O)o4)cc3)nc2c1. The second-order valence-electron chi connectivity index (χ2n) is 7.50. The molecule has 0 aliphatic carbocycles. The predicted octanol–water partition coefficient (Wildman–Crippen LogP) is 5.55. The van der Waals surface area contributed by atoms with Crippen molar-refractivity contribution in [3.8, 4) is 28.7 Å². The first-order valence-electron chi connectivity index (χ1n) is 10.4. The van der Waals surface area contributed by atoms with Crippen LogP contribution in [0.25, 0.3) is 34.0 Å². The van der Waals surface area contributed by atoms with E-state index in [0.29, 0.717) is 44.6 Å². The van der Waals surface area contributed by atoms with Crippen LogP contribution in [0.1, 0.15) is 6.92 Å². The Morgan fingerprint density at radius 3 is 2.49 bits per heavy atom. The maximum Gasteiger partial charge on any atom is 0.434 e. The number of hydrogen-bond donors (Lipinski definition) is 2. The van der Waals surface area contributed by atoms with Crippen molar-refractivity contribution in [1.82, 2.24) is 15.2 Å². The van der Waals surface area contributed by atoms with Crippen molar-refractivity contribution in [2.24, 2.45) is 0 Å². The van der Waals surface area contributed by atoms with Gasteiger partial charge < -0.3 is 18.9 Å². The van der Waals surface area contributed by atoms with Gasteiger partial charge in [0.05, 0.1) is 5.02 Å². The summed E-state index contributed by atoms with van der Waals surface area (Å²) in [5.41, 5.74) is 2.98. The topological polar surface area (TPSA) is 123 Å². The molecule has 2 aromatic heterocycles. The Morgan fingerprint density at radius 2 is 1.77 bits per heavy atom. The van der Waals surface area contributed by atoms with Crippen LogP contribution < -0.4 is 15.8 Å². The maximum absolute atomic E-state index is 12.6. The number of nitrogens with one attached hydrogen (secondary N) is 2. The van der Waals surface area contributed by atoms with Gasteiger partial charge in [-0.15, -0.1) is 5.10 Å². The number of ether oxygens (including phenoxy) is 1. The van der Waals surface area contributed by atoms with Gasteiger partial charge >= 0.3 is 5.76 Å². The number of aromatic nitrogens is 3. The molecule has 2 heterocycles. The van der Waals surface area contributed by atoms with E-state index >= 15 is 0 Å². The number of fused-ring (bicyclic) bond motifs is 1. The lowest BCUT2D eigenvalue weighted by molar-refractivity contribution is -0.122. The Bertz CT molecular complexity index is 1590. The molecule has 5 rings (SSSR count). The smallest absolute Gasteiger partial charge is 0.434 e. The van der Waals surface area contributed by atoms with Gasteiger partial charge in [0.2, 0.25) is 11.8 Å². The zero-order valence-electron chi connectivity index (χ0n) is 18.0. The largest absolute Gasteiger partial charge is 0.479 e. The normalized spacial score (nSPS) is 12.0. The number of rotatable bonds is 6. The number of halogens is 2. The Kier molecular flexibility index (Phi) is 6.02. The number of aromatic amines is 1. The van der Waals surface area contributed by atoms with Crippen LogP contribution >= 0.6 is 23.2 Å². The minimum atomic E-state index is -0.827. The number of hydrogen-bond acceptors (Lipinski definition) is 7. The van der Waals surface area contributed by atoms with Gasteiger partial charge in [0.25, 0.3) is 5.91 Å². The molecule has 0 bridgehead atoms. The lowest BCUT2D eigenvalue weighted by Gasteiger charge is -2.16. The number of nitrogens with zero attached hydrogens (tertiary/aromatic N) is 2. The minimum absolute atomic E-state index is 0.190. The molecule has 35 heavy (non-hydrogen) atoms. The first-order chi connectivity index (χ1) is 16.9. The van der Waals surface area contributed by atoms with E-state index in [1.807, 2.05) is 0 Å². The first kappa shape index (κ1) is 22.7. The van der Waals surface area contributed by atoms with E-state index in [1.165, 1.54) is 0 Å². The fourth-order valence-electron chi connectivity index (χ4n) is 3.30. The fourth-order valence-corrected chi connectivity index (χ4v) is 3.64. The molecule has 2 N–H and O–H groups in total. The number of carbonyl (C=O) groups excluding carboxylic acids is 1. The van der Waals surface area contributed by atoms with Gasteiger partial charge in [-0.25, -0.2) is 14.9 Å². The monoisotopic (exact) mass is 510 g/mol. The highest BCUT2D eigenvalue weighted by molar-refractivity contribution is 6.42. The molecule has 0 fully saturated rings. The predicted molar refractivity (Wildman–Crippen MR) is 131 cm³/mol.